The number of carbonyl (C=O) groups excluding carboxylic acids is 1. The largest absolute Gasteiger partial charge is 0.345 e. The first-order chi connectivity index (χ1) is 13.8. The molecule has 5 rings (SSSR count). The molecule has 1 aromatic carbocycles. The third kappa shape index (κ3) is 3.43. The molecule has 28 heavy (non-hydrogen) atoms. The van der Waals surface area contributed by atoms with E-state index in [-0.39, 0.29) is 11.9 Å². The molecule has 2 N–H and O–H groups in total. The van der Waals surface area contributed by atoms with Crippen LogP contribution < -0.4 is 10.6 Å². The zero-order valence-electron chi connectivity index (χ0n) is 15.6. The monoisotopic (exact) mass is 373 g/mol. The van der Waals surface area contributed by atoms with Crippen molar-refractivity contribution < 1.29 is 4.79 Å². The predicted molar refractivity (Wildman–Crippen MR) is 108 cm³/mol. The van der Waals surface area contributed by atoms with Crippen LogP contribution in [0, 0.1) is 0 Å². The maximum absolute atomic E-state index is 13.1. The topological polar surface area (TPSA) is 71.8 Å². The molecule has 142 valence electrons. The van der Waals surface area contributed by atoms with E-state index in [4.69, 9.17) is 4.98 Å². The molecule has 0 bridgehead atoms. The van der Waals surface area contributed by atoms with Crippen molar-refractivity contribution in [3.05, 3.63) is 71.6 Å². The zero-order valence-corrected chi connectivity index (χ0v) is 15.6. The van der Waals surface area contributed by atoms with Crippen molar-refractivity contribution in [1.82, 2.24) is 25.4 Å². The molecule has 0 saturated heterocycles. The van der Waals surface area contributed by atoms with Gasteiger partial charge in [-0.3, -0.25) is 4.79 Å². The molecule has 1 aliphatic heterocycles. The van der Waals surface area contributed by atoms with Crippen molar-refractivity contribution in [2.45, 2.75) is 31.3 Å². The minimum Gasteiger partial charge on any atom is -0.345 e. The number of nitrogens with one attached hydrogen (secondary N) is 2. The molecule has 1 fully saturated rings. The number of fused-ring (bicyclic) bond motifs is 1. The molecule has 1 amide bonds. The molecular formula is C22H23N5O. The zero-order chi connectivity index (χ0) is 18.9. The lowest BCUT2D eigenvalue weighted by atomic mass is 10.1. The Morgan fingerprint density at radius 1 is 1.25 bits per heavy atom. The summed E-state index contributed by atoms with van der Waals surface area (Å²) in [5.74, 6) is 0.402. The Hall–Kier alpha value is -2.99. The van der Waals surface area contributed by atoms with Gasteiger partial charge in [0.05, 0.1) is 29.7 Å². The molecule has 3 heterocycles. The number of amides is 1. The minimum atomic E-state index is -0.0630. The van der Waals surface area contributed by atoms with Crippen molar-refractivity contribution in [2.24, 2.45) is 0 Å². The van der Waals surface area contributed by atoms with E-state index >= 15 is 0 Å². The van der Waals surface area contributed by atoms with Crippen LogP contribution in [0.2, 0.25) is 0 Å². The second kappa shape index (κ2) is 7.20. The molecule has 0 spiro atoms. The van der Waals surface area contributed by atoms with E-state index in [0.717, 1.165) is 48.2 Å². The van der Waals surface area contributed by atoms with E-state index in [2.05, 4.69) is 27.9 Å². The maximum Gasteiger partial charge on any atom is 0.252 e. The first-order valence-corrected chi connectivity index (χ1v) is 9.86. The number of benzene rings is 1. The number of hydrogen-bond acceptors (Lipinski definition) is 4. The highest BCUT2D eigenvalue weighted by Crippen LogP contribution is 2.40. The van der Waals surface area contributed by atoms with Crippen molar-refractivity contribution in [3.63, 3.8) is 0 Å². The van der Waals surface area contributed by atoms with E-state index in [1.54, 1.807) is 6.20 Å². The highest BCUT2D eigenvalue weighted by atomic mass is 16.1. The third-order valence-corrected chi connectivity index (χ3v) is 5.36. The Morgan fingerprint density at radius 3 is 2.86 bits per heavy atom. The first-order valence-electron chi connectivity index (χ1n) is 9.86. The van der Waals surface area contributed by atoms with E-state index in [1.165, 1.54) is 0 Å². The van der Waals surface area contributed by atoms with Crippen LogP contribution in [0.15, 0.2) is 54.7 Å². The van der Waals surface area contributed by atoms with Gasteiger partial charge in [0.15, 0.2) is 5.65 Å². The van der Waals surface area contributed by atoms with Gasteiger partial charge < -0.3 is 10.6 Å². The number of hydrogen-bond donors (Lipinski definition) is 2. The summed E-state index contributed by atoms with van der Waals surface area (Å²) in [4.78, 5) is 17.9. The van der Waals surface area contributed by atoms with Crippen LogP contribution in [0.3, 0.4) is 0 Å². The summed E-state index contributed by atoms with van der Waals surface area (Å²) in [5, 5.41) is 11.7. The average Bonchev–Trinajstić information content (AvgIpc) is 3.51. The van der Waals surface area contributed by atoms with E-state index in [1.807, 2.05) is 41.1 Å². The summed E-state index contributed by atoms with van der Waals surface area (Å²) >= 11 is 0. The fourth-order valence-electron chi connectivity index (χ4n) is 3.68. The van der Waals surface area contributed by atoms with Crippen LogP contribution in [-0.4, -0.2) is 39.8 Å². The fourth-order valence-corrected chi connectivity index (χ4v) is 3.68. The highest BCUT2D eigenvalue weighted by Gasteiger charge is 2.28. The lowest BCUT2D eigenvalue weighted by Gasteiger charge is -2.19. The summed E-state index contributed by atoms with van der Waals surface area (Å²) in [6, 6.07) is 12.2. The van der Waals surface area contributed by atoms with Crippen LogP contribution >= 0.6 is 0 Å². The summed E-state index contributed by atoms with van der Waals surface area (Å²) < 4.78 is 1.90. The van der Waals surface area contributed by atoms with Gasteiger partial charge >= 0.3 is 0 Å². The van der Waals surface area contributed by atoms with Gasteiger partial charge in [-0.2, -0.15) is 5.10 Å². The Bertz CT molecular complexity index is 1040. The number of pyridine rings is 1. The molecule has 1 aliphatic carbocycles. The lowest BCUT2D eigenvalue weighted by Crippen LogP contribution is -2.43. The van der Waals surface area contributed by atoms with Crippen LogP contribution in [0.5, 0.6) is 0 Å². The first kappa shape index (κ1) is 17.1. The van der Waals surface area contributed by atoms with E-state index < -0.39 is 0 Å². The molecule has 1 atom stereocenters. The van der Waals surface area contributed by atoms with Gasteiger partial charge in [-0.15, -0.1) is 0 Å². The predicted octanol–water partition coefficient (Wildman–Crippen LogP) is 2.61. The third-order valence-electron chi connectivity index (χ3n) is 5.36. The van der Waals surface area contributed by atoms with Crippen LogP contribution in [0.25, 0.3) is 11.0 Å². The second-order valence-electron chi connectivity index (χ2n) is 7.56. The Morgan fingerprint density at radius 2 is 2.11 bits per heavy atom. The maximum atomic E-state index is 13.1. The van der Waals surface area contributed by atoms with Crippen molar-refractivity contribution >= 4 is 16.9 Å². The van der Waals surface area contributed by atoms with Crippen molar-refractivity contribution in [2.75, 3.05) is 13.1 Å². The molecule has 6 nitrogen and oxygen atoms in total. The van der Waals surface area contributed by atoms with Crippen molar-refractivity contribution in [1.29, 1.82) is 0 Å². The van der Waals surface area contributed by atoms with Gasteiger partial charge in [0.25, 0.3) is 5.91 Å². The molecule has 6 heteroatoms. The highest BCUT2D eigenvalue weighted by molar-refractivity contribution is 6.05. The van der Waals surface area contributed by atoms with E-state index in [9.17, 15) is 4.79 Å². The van der Waals surface area contributed by atoms with Crippen LogP contribution in [0.4, 0.5) is 0 Å². The summed E-state index contributed by atoms with van der Waals surface area (Å²) in [5.41, 5.74) is 3.63. The molecule has 2 aromatic heterocycles. The molecule has 1 unspecified atom stereocenters. The van der Waals surface area contributed by atoms with Gasteiger partial charge in [0, 0.05) is 24.7 Å². The SMILES string of the molecule is O=C(NC1C=CCNC1)c1cc(C2CC2)nc2c1cnn2Cc1ccccc1. The Kier molecular flexibility index (Phi) is 4.41. The normalized spacial score (nSPS) is 19.1. The molecule has 1 saturated carbocycles. The minimum absolute atomic E-state index is 0.00760. The van der Waals surface area contributed by atoms with Gasteiger partial charge in [-0.1, -0.05) is 42.5 Å². The summed E-state index contributed by atoms with van der Waals surface area (Å²) in [6.07, 6.45) is 8.15. The fraction of sp³-hybridized carbons (Fsp3) is 0.318. The molecule has 3 aromatic rings. The molecule has 2 aliphatic rings. The van der Waals surface area contributed by atoms with Crippen molar-refractivity contribution in [3.8, 4) is 0 Å². The van der Waals surface area contributed by atoms with Gasteiger partial charge in [0.2, 0.25) is 0 Å². The summed E-state index contributed by atoms with van der Waals surface area (Å²) in [7, 11) is 0. The standard InChI is InChI=1S/C22H23N5O/c28-22(25-17-7-4-10-23-12-17)18-11-20(16-8-9-16)26-21-19(18)13-24-27(21)14-15-5-2-1-3-6-15/h1-7,11,13,16-17,23H,8-10,12,14H2,(H,25,28). The van der Waals surface area contributed by atoms with Gasteiger partial charge in [0.1, 0.15) is 0 Å². The van der Waals surface area contributed by atoms with E-state index in [0.29, 0.717) is 18.0 Å². The smallest absolute Gasteiger partial charge is 0.252 e. The molecular weight excluding hydrogens is 350 g/mol. The Balaban J connectivity index is 1.52. The number of aromatic nitrogens is 3. The Labute approximate surface area is 163 Å². The summed E-state index contributed by atoms with van der Waals surface area (Å²) in [6.45, 7) is 2.24. The lowest BCUT2D eigenvalue weighted by molar-refractivity contribution is 0.0945. The number of nitrogens with zero attached hydrogens (tertiary/aromatic N) is 3. The second-order valence-corrected chi connectivity index (χ2v) is 7.56. The van der Waals surface area contributed by atoms with Gasteiger partial charge in [-0.05, 0) is 24.5 Å². The number of carbonyl (C=O) groups is 1. The van der Waals surface area contributed by atoms with Crippen LogP contribution in [-0.2, 0) is 6.54 Å². The van der Waals surface area contributed by atoms with Crippen LogP contribution in [0.1, 0.15) is 40.4 Å². The number of rotatable bonds is 5. The average molecular weight is 373 g/mol. The molecule has 0 radical (unpaired) electrons. The van der Waals surface area contributed by atoms with Gasteiger partial charge in [-0.25, -0.2) is 9.67 Å². The quantitative estimate of drug-likeness (QED) is 0.675.